The van der Waals surface area contributed by atoms with Crippen molar-refractivity contribution in [2.24, 2.45) is 3.77 Å². The van der Waals surface area contributed by atoms with Gasteiger partial charge in [-0.25, -0.2) is 0 Å². The lowest BCUT2D eigenvalue weighted by molar-refractivity contribution is 2.14. The summed E-state index contributed by atoms with van der Waals surface area (Å²) in [6.07, 6.45) is 0. The van der Waals surface area contributed by atoms with E-state index in [-0.39, 0.29) is 0 Å². The molecule has 1 aliphatic heterocycles. The summed E-state index contributed by atoms with van der Waals surface area (Å²) in [6.45, 7) is 0. The van der Waals surface area contributed by atoms with E-state index in [2.05, 4.69) is 3.77 Å². The number of halogens is 1. The number of hydrogen-bond acceptors (Lipinski definition) is 3. The quantitative estimate of drug-likeness (QED) is 0.310. The molecule has 0 amide bonds. The predicted octanol–water partition coefficient (Wildman–Crippen LogP) is 1.61. The average Bonchev–Trinajstić information content (AvgIpc) is 1.91. The standard InChI is InChI=1S/C2ClNS3/c3-1-2(5)7-4-6-1. The molecule has 0 unspecified atom stereocenters. The lowest BCUT2D eigenvalue weighted by Crippen LogP contribution is -1.90. The van der Waals surface area contributed by atoms with Crippen LogP contribution in [0.4, 0.5) is 0 Å². The van der Waals surface area contributed by atoms with E-state index in [0.717, 1.165) is 0 Å². The van der Waals surface area contributed by atoms with E-state index in [1.807, 2.05) is 0 Å². The fourth-order valence-electron chi connectivity index (χ4n) is 0.158. The molecule has 0 spiro atoms. The van der Waals surface area contributed by atoms with Gasteiger partial charge in [0.05, 0.1) is 0 Å². The highest BCUT2D eigenvalue weighted by molar-refractivity contribution is 8.30. The van der Waals surface area contributed by atoms with Gasteiger partial charge in [-0.2, -0.15) is 3.77 Å². The number of nitrogens with zero attached hydrogens (tertiary/aromatic N) is 1. The lowest BCUT2D eigenvalue weighted by atomic mass is 10.9. The third-order valence-electron chi connectivity index (χ3n) is 0.398. The Balaban J connectivity index is 2.90. The molecule has 0 saturated heterocycles. The fraction of sp³-hybridized carbons (Fsp3) is 0. The Morgan fingerprint density at radius 1 is 1.71 bits per heavy atom. The Hall–Kier alpha value is 0.620. The summed E-state index contributed by atoms with van der Waals surface area (Å²) in [5, 5.41) is 0. The molecule has 1 heterocycles. The zero-order valence-corrected chi connectivity index (χ0v) is 6.26. The molecule has 1 nitrogen and oxygen atoms in total. The van der Waals surface area contributed by atoms with E-state index >= 15 is 0 Å². The lowest BCUT2D eigenvalue weighted by Gasteiger charge is -1.78. The van der Waals surface area contributed by atoms with Crippen molar-refractivity contribution in [2.75, 3.05) is 0 Å². The monoisotopic (exact) mass is 169 g/mol. The maximum absolute atomic E-state index is 5.49. The number of hydrogen-bond donors (Lipinski definition) is 0. The summed E-state index contributed by atoms with van der Waals surface area (Å²) in [7, 11) is 0. The van der Waals surface area contributed by atoms with E-state index in [4.69, 9.17) is 23.8 Å². The topological polar surface area (TPSA) is 12.4 Å². The summed E-state index contributed by atoms with van der Waals surface area (Å²) in [4.78, 5) is 0. The second kappa shape index (κ2) is 2.26. The van der Waals surface area contributed by atoms with E-state index in [1.54, 1.807) is 0 Å². The zero-order valence-electron chi connectivity index (χ0n) is 3.05. The first kappa shape index (κ1) is 5.75. The minimum atomic E-state index is 0.625. The van der Waals surface area contributed by atoms with Gasteiger partial charge in [0.25, 0.3) is 0 Å². The maximum Gasteiger partial charge on any atom is 0.139 e. The van der Waals surface area contributed by atoms with Gasteiger partial charge in [-0.05, 0) is 11.1 Å². The van der Waals surface area contributed by atoms with Gasteiger partial charge in [0, 0.05) is 11.9 Å². The number of rotatable bonds is 0. The first-order chi connectivity index (χ1) is 3.30. The van der Waals surface area contributed by atoms with E-state index in [1.165, 1.54) is 23.1 Å². The van der Waals surface area contributed by atoms with Crippen LogP contribution in [0.2, 0.25) is 0 Å². The van der Waals surface area contributed by atoms with Crippen molar-refractivity contribution in [3.63, 3.8) is 0 Å². The van der Waals surface area contributed by atoms with Crippen molar-refractivity contribution < 1.29 is 0 Å². The molecule has 0 atom stereocenters. The molecule has 0 aromatic carbocycles. The Morgan fingerprint density at radius 2 is 2.43 bits per heavy atom. The highest BCUT2D eigenvalue weighted by atomic mass is 35.5. The third kappa shape index (κ3) is 1.25. The Labute approximate surface area is 59.3 Å². The Bertz CT molecular complexity index is 168. The van der Waals surface area contributed by atoms with E-state index in [9.17, 15) is 0 Å². The molecule has 5 heteroatoms. The highest BCUT2D eigenvalue weighted by Crippen LogP contribution is 2.13. The van der Waals surface area contributed by atoms with Gasteiger partial charge in [0.15, 0.2) is 0 Å². The molecule has 0 fully saturated rings. The second-order valence-corrected chi connectivity index (χ2v) is 3.86. The summed E-state index contributed by atoms with van der Waals surface area (Å²) in [5.74, 6) is 0. The Kier molecular flexibility index (Phi) is 1.86. The van der Waals surface area contributed by atoms with Gasteiger partial charge in [-0.1, -0.05) is 23.8 Å². The van der Waals surface area contributed by atoms with Crippen molar-refractivity contribution in [1.82, 2.24) is 0 Å². The van der Waals surface area contributed by atoms with Crippen LogP contribution in [-0.2, 0) is 11.1 Å². The van der Waals surface area contributed by atoms with Crippen LogP contribution in [0.1, 0.15) is 0 Å². The molecule has 0 radical (unpaired) electrons. The summed E-state index contributed by atoms with van der Waals surface area (Å²) < 4.78 is 5.08. The third-order valence-corrected chi connectivity index (χ3v) is 3.03. The molecule has 0 saturated carbocycles. The molecule has 7 heavy (non-hydrogen) atoms. The average molecular weight is 170 g/mol. The van der Waals surface area contributed by atoms with Crippen molar-refractivity contribution >= 4 is 55.4 Å². The molecule has 0 bridgehead atoms. The second-order valence-electron chi connectivity index (χ2n) is 0.818. The van der Waals surface area contributed by atoms with E-state index < -0.39 is 0 Å². The molecule has 0 aliphatic carbocycles. The molecule has 0 aromatic heterocycles. The van der Waals surface area contributed by atoms with Gasteiger partial charge in [0.2, 0.25) is 0 Å². The molecule has 0 aromatic rings. The van der Waals surface area contributed by atoms with Crippen LogP contribution >= 0.6 is 35.8 Å². The molecule has 1 rings (SSSR count). The van der Waals surface area contributed by atoms with Crippen LogP contribution in [0.5, 0.6) is 0 Å². The fourth-order valence-corrected chi connectivity index (χ4v) is 1.95. The van der Waals surface area contributed by atoms with Crippen molar-refractivity contribution in [2.45, 2.75) is 0 Å². The first-order valence-electron chi connectivity index (χ1n) is 1.42. The van der Waals surface area contributed by atoms with Crippen LogP contribution in [0.15, 0.2) is 3.77 Å². The minimum absolute atomic E-state index is 0.625. The maximum atomic E-state index is 5.49. The van der Waals surface area contributed by atoms with Crippen LogP contribution in [0.3, 0.4) is 0 Å². The van der Waals surface area contributed by atoms with Gasteiger partial charge >= 0.3 is 0 Å². The van der Waals surface area contributed by atoms with Crippen molar-refractivity contribution in [3.8, 4) is 0 Å². The van der Waals surface area contributed by atoms with Crippen molar-refractivity contribution in [1.29, 1.82) is 0 Å². The van der Waals surface area contributed by atoms with Gasteiger partial charge in [-0.15, -0.1) is 0 Å². The van der Waals surface area contributed by atoms with Crippen LogP contribution in [0, 0.1) is 0 Å². The van der Waals surface area contributed by atoms with E-state index in [0.29, 0.717) is 8.52 Å². The highest BCUT2D eigenvalue weighted by Gasteiger charge is 2.05. The smallest absolute Gasteiger partial charge is 0.139 e. The van der Waals surface area contributed by atoms with Crippen LogP contribution in [0.25, 0.3) is 0 Å². The van der Waals surface area contributed by atoms with Gasteiger partial charge in [0.1, 0.15) is 8.52 Å². The zero-order chi connectivity index (χ0) is 5.28. The minimum Gasteiger partial charge on any atom is -0.152 e. The predicted molar refractivity (Wildman–Crippen MR) is 40.8 cm³/mol. The largest absolute Gasteiger partial charge is 0.152 e. The normalized spacial score (nSPS) is 19.0. The molecule has 0 N–H and O–H groups in total. The van der Waals surface area contributed by atoms with Crippen molar-refractivity contribution in [3.05, 3.63) is 0 Å². The summed E-state index contributed by atoms with van der Waals surface area (Å²) in [5.41, 5.74) is 0. The Morgan fingerprint density at radius 3 is 2.57 bits per heavy atom. The molecular weight excluding hydrogens is 170 g/mol. The van der Waals surface area contributed by atoms with Crippen LogP contribution < -0.4 is 0 Å². The molecular formula is C2ClNS3. The van der Waals surface area contributed by atoms with Gasteiger partial charge < -0.3 is 0 Å². The van der Waals surface area contributed by atoms with Gasteiger partial charge in [-0.3, -0.25) is 0 Å². The SMILES string of the molecule is S=C1SN=S=C1Cl. The summed E-state index contributed by atoms with van der Waals surface area (Å²) >= 11 is 12.7. The number of thiocarbonyl (C=S) groups is 1. The molecule has 1 aliphatic rings. The first-order valence-corrected chi connectivity index (χ1v) is 3.75. The molecule has 38 valence electrons. The van der Waals surface area contributed by atoms with Crippen LogP contribution in [-0.4, -0.2) is 8.52 Å². The summed E-state index contributed by atoms with van der Waals surface area (Å²) in [6, 6.07) is 0.